The number of rotatable bonds is 1. The van der Waals surface area contributed by atoms with Gasteiger partial charge in [0, 0.05) is 3.57 Å². The third-order valence-corrected chi connectivity index (χ3v) is 3.02. The van der Waals surface area contributed by atoms with Gasteiger partial charge < -0.3 is 10.2 Å². The average molecular weight is 390 g/mol. The first-order chi connectivity index (χ1) is 5.52. The number of phenolic OH excluding ortho intramolecular Hbond substituents is 1. The maximum atomic E-state index is 10.6. The van der Waals surface area contributed by atoms with E-state index >= 15 is 0 Å². The highest BCUT2D eigenvalue weighted by Crippen LogP contribution is 2.25. The molecule has 0 atom stereocenters. The van der Waals surface area contributed by atoms with E-state index in [0.717, 1.165) is 0 Å². The number of aromatic carboxylic acids is 1. The number of hydrogen-bond acceptors (Lipinski definition) is 2. The molecule has 0 radical (unpaired) electrons. The van der Waals surface area contributed by atoms with Gasteiger partial charge in [-0.15, -0.1) is 0 Å². The van der Waals surface area contributed by atoms with E-state index < -0.39 is 5.97 Å². The zero-order chi connectivity index (χ0) is 9.30. The van der Waals surface area contributed by atoms with Crippen LogP contribution < -0.4 is 0 Å². The molecule has 12 heavy (non-hydrogen) atoms. The van der Waals surface area contributed by atoms with E-state index in [1.807, 2.05) is 45.2 Å². The summed E-state index contributed by atoms with van der Waals surface area (Å²) in [4.78, 5) is 10.6. The van der Waals surface area contributed by atoms with Crippen LogP contribution in [0.2, 0.25) is 0 Å². The summed E-state index contributed by atoms with van der Waals surface area (Å²) >= 11 is 3.86. The Morgan fingerprint density at radius 1 is 1.25 bits per heavy atom. The van der Waals surface area contributed by atoms with Crippen molar-refractivity contribution in [2.75, 3.05) is 0 Å². The molecule has 0 fully saturated rings. The lowest BCUT2D eigenvalue weighted by molar-refractivity contribution is 0.0695. The summed E-state index contributed by atoms with van der Waals surface area (Å²) in [6, 6.07) is 2.88. The van der Waals surface area contributed by atoms with Crippen molar-refractivity contribution >= 4 is 51.2 Å². The predicted octanol–water partition coefficient (Wildman–Crippen LogP) is 2.30. The molecule has 0 amide bonds. The van der Waals surface area contributed by atoms with Gasteiger partial charge in [-0.3, -0.25) is 0 Å². The van der Waals surface area contributed by atoms with Crippen molar-refractivity contribution in [3.8, 4) is 5.75 Å². The summed E-state index contributed by atoms with van der Waals surface area (Å²) in [6.45, 7) is 0. The Hall–Kier alpha value is -0.0500. The lowest BCUT2D eigenvalue weighted by Gasteiger charge is -2.01. The fraction of sp³-hybridized carbons (Fsp3) is 0. The molecule has 0 unspecified atom stereocenters. The summed E-state index contributed by atoms with van der Waals surface area (Å²) in [5, 5.41) is 17.9. The maximum Gasteiger partial charge on any atom is 0.336 e. The smallest absolute Gasteiger partial charge is 0.336 e. The van der Waals surface area contributed by atoms with Crippen molar-refractivity contribution < 1.29 is 15.0 Å². The number of carboxylic acid groups (broad SMARTS) is 1. The van der Waals surface area contributed by atoms with E-state index in [-0.39, 0.29) is 11.3 Å². The molecule has 1 rings (SSSR count). The van der Waals surface area contributed by atoms with E-state index in [1.165, 1.54) is 6.07 Å². The summed E-state index contributed by atoms with van der Waals surface area (Å²) < 4.78 is 1.28. The molecular formula is C7H4I2O3. The number of carboxylic acids is 1. The van der Waals surface area contributed by atoms with Crippen molar-refractivity contribution in [1.82, 2.24) is 0 Å². The summed E-state index contributed by atoms with van der Waals surface area (Å²) in [5.74, 6) is -1.01. The normalized spacial score (nSPS) is 9.83. The highest BCUT2D eigenvalue weighted by Gasteiger charge is 2.10. The second-order valence-electron chi connectivity index (χ2n) is 2.09. The number of benzene rings is 1. The minimum Gasteiger partial charge on any atom is -0.507 e. The van der Waals surface area contributed by atoms with Crippen molar-refractivity contribution in [3.63, 3.8) is 0 Å². The van der Waals surface area contributed by atoms with E-state index in [2.05, 4.69) is 0 Å². The van der Waals surface area contributed by atoms with Gasteiger partial charge in [-0.25, -0.2) is 4.79 Å². The first-order valence-corrected chi connectivity index (χ1v) is 5.09. The van der Waals surface area contributed by atoms with Crippen molar-refractivity contribution in [1.29, 1.82) is 0 Å². The highest BCUT2D eigenvalue weighted by atomic mass is 127. The first kappa shape index (κ1) is 10.0. The van der Waals surface area contributed by atoms with Gasteiger partial charge in [0.05, 0.1) is 9.13 Å². The van der Waals surface area contributed by atoms with Gasteiger partial charge >= 0.3 is 5.97 Å². The van der Waals surface area contributed by atoms with Gasteiger partial charge in [-0.05, 0) is 57.3 Å². The van der Waals surface area contributed by atoms with Crippen LogP contribution in [0.5, 0.6) is 5.75 Å². The molecule has 0 aliphatic heterocycles. The van der Waals surface area contributed by atoms with Crippen LogP contribution in [-0.2, 0) is 0 Å². The lowest BCUT2D eigenvalue weighted by atomic mass is 10.2. The Kier molecular flexibility index (Phi) is 3.16. The third-order valence-electron chi connectivity index (χ3n) is 1.27. The number of aromatic hydroxyl groups is 1. The third kappa shape index (κ3) is 2.00. The molecule has 1 aromatic rings. The fourth-order valence-electron chi connectivity index (χ4n) is 0.701. The van der Waals surface area contributed by atoms with E-state index in [9.17, 15) is 9.90 Å². The second-order valence-corrected chi connectivity index (χ2v) is 4.41. The van der Waals surface area contributed by atoms with Crippen LogP contribution >= 0.6 is 45.2 Å². The summed E-state index contributed by atoms with van der Waals surface area (Å²) in [7, 11) is 0. The quantitative estimate of drug-likeness (QED) is 0.724. The first-order valence-electron chi connectivity index (χ1n) is 2.93. The van der Waals surface area contributed by atoms with Gasteiger partial charge in [0.1, 0.15) is 5.75 Å². The minimum atomic E-state index is -1.02. The van der Waals surface area contributed by atoms with Crippen LogP contribution in [0.25, 0.3) is 0 Å². The molecular weight excluding hydrogens is 386 g/mol. The van der Waals surface area contributed by atoms with Crippen molar-refractivity contribution in [3.05, 3.63) is 24.8 Å². The fourth-order valence-corrected chi connectivity index (χ4v) is 2.46. The Labute approximate surface area is 96.1 Å². The van der Waals surface area contributed by atoms with Gasteiger partial charge in [0.2, 0.25) is 0 Å². The molecule has 0 spiro atoms. The molecule has 5 heteroatoms. The van der Waals surface area contributed by atoms with Gasteiger partial charge in [0.15, 0.2) is 0 Å². The van der Waals surface area contributed by atoms with Gasteiger partial charge in [-0.1, -0.05) is 0 Å². The van der Waals surface area contributed by atoms with Crippen LogP contribution in [0, 0.1) is 7.14 Å². The molecule has 0 saturated carbocycles. The topological polar surface area (TPSA) is 57.5 Å². The summed E-state index contributed by atoms with van der Waals surface area (Å²) in [6.07, 6.45) is 0. The van der Waals surface area contributed by atoms with Crippen LogP contribution in [0.3, 0.4) is 0 Å². The molecule has 0 aromatic heterocycles. The Morgan fingerprint density at radius 3 is 2.33 bits per heavy atom. The zero-order valence-corrected chi connectivity index (χ0v) is 10.0. The predicted molar refractivity (Wildman–Crippen MR) is 60.5 cm³/mol. The molecule has 0 aliphatic rings. The average Bonchev–Trinajstić information content (AvgIpc) is 1.96. The maximum absolute atomic E-state index is 10.6. The molecule has 0 heterocycles. The Bertz CT molecular complexity index is 336. The lowest BCUT2D eigenvalue weighted by Crippen LogP contribution is -1.99. The number of carbonyl (C=O) groups is 1. The van der Waals surface area contributed by atoms with Crippen molar-refractivity contribution in [2.45, 2.75) is 0 Å². The van der Waals surface area contributed by atoms with E-state index in [1.54, 1.807) is 6.07 Å². The van der Waals surface area contributed by atoms with Crippen molar-refractivity contribution in [2.24, 2.45) is 0 Å². The number of hydrogen-bond donors (Lipinski definition) is 2. The summed E-state index contributed by atoms with van der Waals surface area (Å²) in [5.41, 5.74) is 0.133. The monoisotopic (exact) mass is 390 g/mol. The number of phenols is 1. The van der Waals surface area contributed by atoms with Gasteiger partial charge in [-0.2, -0.15) is 0 Å². The number of halogens is 2. The highest BCUT2D eigenvalue weighted by molar-refractivity contribution is 14.1. The van der Waals surface area contributed by atoms with Gasteiger partial charge in [0.25, 0.3) is 0 Å². The largest absolute Gasteiger partial charge is 0.507 e. The molecule has 2 N–H and O–H groups in total. The molecule has 0 saturated heterocycles. The van der Waals surface area contributed by atoms with Crippen LogP contribution in [0.15, 0.2) is 12.1 Å². The van der Waals surface area contributed by atoms with Crippen LogP contribution in [0.4, 0.5) is 0 Å². The second kappa shape index (κ2) is 3.77. The molecule has 3 nitrogen and oxygen atoms in total. The standard InChI is InChI=1S/C7H4I2O3/c8-4-2-5(9)6(10)1-3(4)7(11)12/h1-2,10H,(H,11,12). The molecule has 1 aromatic carbocycles. The SMILES string of the molecule is O=C(O)c1cc(O)c(I)cc1I. The van der Waals surface area contributed by atoms with E-state index in [0.29, 0.717) is 7.14 Å². The molecule has 0 aliphatic carbocycles. The molecule has 64 valence electrons. The minimum absolute atomic E-state index is 0.00779. The van der Waals surface area contributed by atoms with E-state index in [4.69, 9.17) is 5.11 Å². The molecule has 0 bridgehead atoms. The Morgan fingerprint density at radius 2 is 1.83 bits per heavy atom. The van der Waals surface area contributed by atoms with Crippen LogP contribution in [0.1, 0.15) is 10.4 Å². The Balaban J connectivity index is 3.33. The zero-order valence-electron chi connectivity index (χ0n) is 5.71. The van der Waals surface area contributed by atoms with Crippen LogP contribution in [-0.4, -0.2) is 16.2 Å².